The highest BCUT2D eigenvalue weighted by Gasteiger charge is 2.42. The smallest absolute Gasteiger partial charge is 0.124 e. The number of benzene rings is 2. The first-order chi connectivity index (χ1) is 12.8. The minimum Gasteiger partial charge on any atom is -0.373 e. The van der Waals surface area contributed by atoms with E-state index in [1.807, 2.05) is 0 Å². The lowest BCUT2D eigenvalue weighted by Crippen LogP contribution is -2.42. The Balaban J connectivity index is 1.53. The van der Waals surface area contributed by atoms with Crippen LogP contribution in [0.1, 0.15) is 49.8 Å². The maximum absolute atomic E-state index is 6.02. The topological polar surface area (TPSA) is 33.6 Å². The second-order valence-corrected chi connectivity index (χ2v) is 7.75. The van der Waals surface area contributed by atoms with E-state index in [-0.39, 0.29) is 11.6 Å². The first-order valence-electron chi connectivity index (χ1n) is 9.79. The number of hydrogen-bond acceptors (Lipinski definition) is 3. The van der Waals surface area contributed by atoms with Crippen molar-refractivity contribution >= 4 is 5.84 Å². The molecule has 2 unspecified atom stereocenters. The van der Waals surface area contributed by atoms with Gasteiger partial charge in [-0.05, 0) is 36.8 Å². The molecule has 1 fully saturated rings. The standard InChI is InChI=1S/C23H28N2O/c1-23(20-14-6-3-7-15-20)22(19-12-4-2-5-13-19)24-21(25-23)17-26-16-18-10-8-9-11-18/h2-7,12-15,18,22H,8-11,16-17H2,1H3,(H,24,25). The summed E-state index contributed by atoms with van der Waals surface area (Å²) in [5, 5.41) is 3.68. The van der Waals surface area contributed by atoms with Crippen LogP contribution in [0.5, 0.6) is 0 Å². The average molecular weight is 348 g/mol. The third-order valence-electron chi connectivity index (χ3n) is 5.79. The van der Waals surface area contributed by atoms with Crippen molar-refractivity contribution in [2.24, 2.45) is 10.9 Å². The van der Waals surface area contributed by atoms with Crippen LogP contribution in [-0.4, -0.2) is 19.0 Å². The molecule has 1 N–H and O–H groups in total. The van der Waals surface area contributed by atoms with Crippen molar-refractivity contribution in [1.82, 2.24) is 5.32 Å². The first-order valence-corrected chi connectivity index (χ1v) is 9.79. The zero-order valence-electron chi connectivity index (χ0n) is 15.5. The van der Waals surface area contributed by atoms with E-state index in [0.29, 0.717) is 6.61 Å². The summed E-state index contributed by atoms with van der Waals surface area (Å²) < 4.78 is 6.02. The molecule has 3 heteroatoms. The molecule has 1 aliphatic carbocycles. The summed E-state index contributed by atoms with van der Waals surface area (Å²) in [6, 6.07) is 21.2. The monoisotopic (exact) mass is 348 g/mol. The van der Waals surface area contributed by atoms with Gasteiger partial charge in [-0.3, -0.25) is 4.99 Å². The van der Waals surface area contributed by atoms with Gasteiger partial charge in [-0.25, -0.2) is 0 Å². The lowest BCUT2D eigenvalue weighted by atomic mass is 9.82. The molecular weight excluding hydrogens is 320 g/mol. The molecule has 4 rings (SSSR count). The maximum Gasteiger partial charge on any atom is 0.124 e. The summed E-state index contributed by atoms with van der Waals surface area (Å²) >= 11 is 0. The molecule has 2 aromatic rings. The molecule has 3 nitrogen and oxygen atoms in total. The van der Waals surface area contributed by atoms with Crippen molar-refractivity contribution in [2.75, 3.05) is 13.2 Å². The van der Waals surface area contributed by atoms with Gasteiger partial charge in [0, 0.05) is 6.61 Å². The summed E-state index contributed by atoms with van der Waals surface area (Å²) in [6.07, 6.45) is 5.34. The summed E-state index contributed by atoms with van der Waals surface area (Å²) in [4.78, 5) is 5.03. The predicted molar refractivity (Wildman–Crippen MR) is 106 cm³/mol. The zero-order chi connectivity index (χ0) is 17.8. The molecule has 0 amide bonds. The molecule has 0 bridgehead atoms. The van der Waals surface area contributed by atoms with Crippen LogP contribution in [0.2, 0.25) is 0 Å². The minimum atomic E-state index is -0.255. The van der Waals surface area contributed by atoms with Gasteiger partial charge in [0.2, 0.25) is 0 Å². The van der Waals surface area contributed by atoms with Crippen LogP contribution < -0.4 is 5.32 Å². The van der Waals surface area contributed by atoms with Crippen LogP contribution >= 0.6 is 0 Å². The van der Waals surface area contributed by atoms with Gasteiger partial charge in [-0.15, -0.1) is 0 Å². The van der Waals surface area contributed by atoms with Crippen molar-refractivity contribution in [2.45, 2.75) is 44.2 Å². The van der Waals surface area contributed by atoms with E-state index in [1.165, 1.54) is 36.8 Å². The molecule has 0 spiro atoms. The van der Waals surface area contributed by atoms with Gasteiger partial charge in [-0.2, -0.15) is 0 Å². The van der Waals surface area contributed by atoms with Crippen molar-refractivity contribution in [3.05, 3.63) is 71.8 Å². The lowest BCUT2D eigenvalue weighted by Gasteiger charge is -2.32. The van der Waals surface area contributed by atoms with E-state index >= 15 is 0 Å². The van der Waals surface area contributed by atoms with Gasteiger partial charge in [0.25, 0.3) is 0 Å². The largest absolute Gasteiger partial charge is 0.373 e. The third-order valence-corrected chi connectivity index (χ3v) is 5.79. The van der Waals surface area contributed by atoms with Crippen LogP contribution in [0.25, 0.3) is 0 Å². The normalized spacial score (nSPS) is 25.9. The van der Waals surface area contributed by atoms with Gasteiger partial charge in [0.05, 0.1) is 5.54 Å². The van der Waals surface area contributed by atoms with Gasteiger partial charge in [0.15, 0.2) is 0 Å². The number of ether oxygens (including phenoxy) is 1. The Bertz CT molecular complexity index is 737. The highest BCUT2D eigenvalue weighted by Crippen LogP contribution is 2.41. The second kappa shape index (κ2) is 7.63. The number of aliphatic imine (C=N–C) groups is 1. The first kappa shape index (κ1) is 17.3. The van der Waals surface area contributed by atoms with Gasteiger partial charge >= 0.3 is 0 Å². The minimum absolute atomic E-state index is 0.0520. The molecule has 26 heavy (non-hydrogen) atoms. The van der Waals surface area contributed by atoms with Gasteiger partial charge in [0.1, 0.15) is 18.5 Å². The van der Waals surface area contributed by atoms with E-state index in [9.17, 15) is 0 Å². The molecule has 0 radical (unpaired) electrons. The summed E-state index contributed by atoms with van der Waals surface area (Å²) in [5.41, 5.74) is 2.23. The zero-order valence-corrected chi connectivity index (χ0v) is 15.5. The Hall–Kier alpha value is -2.13. The second-order valence-electron chi connectivity index (χ2n) is 7.75. The van der Waals surface area contributed by atoms with E-state index in [0.717, 1.165) is 18.4 Å². The highest BCUT2D eigenvalue weighted by atomic mass is 16.5. The highest BCUT2D eigenvalue weighted by molar-refractivity contribution is 5.87. The van der Waals surface area contributed by atoms with E-state index in [1.54, 1.807) is 0 Å². The molecule has 136 valence electrons. The van der Waals surface area contributed by atoms with Crippen LogP contribution in [0.3, 0.4) is 0 Å². The van der Waals surface area contributed by atoms with Crippen LogP contribution in [0.15, 0.2) is 65.7 Å². The Morgan fingerprint density at radius 1 is 1.00 bits per heavy atom. The summed E-state index contributed by atoms with van der Waals surface area (Å²) in [7, 11) is 0. The molecule has 1 saturated carbocycles. The number of hydrogen-bond donors (Lipinski definition) is 1. The van der Waals surface area contributed by atoms with Crippen LogP contribution in [-0.2, 0) is 10.3 Å². The van der Waals surface area contributed by atoms with Crippen molar-refractivity contribution < 1.29 is 4.74 Å². The molecule has 1 heterocycles. The number of rotatable bonds is 6. The SMILES string of the molecule is CC1(c2ccccc2)NC(COCC2CCCC2)=NC1c1ccccc1. The van der Waals surface area contributed by atoms with Crippen molar-refractivity contribution in [3.8, 4) is 0 Å². The fraction of sp³-hybridized carbons (Fsp3) is 0.435. The van der Waals surface area contributed by atoms with E-state index in [2.05, 4.69) is 72.9 Å². The lowest BCUT2D eigenvalue weighted by molar-refractivity contribution is 0.131. The third kappa shape index (κ3) is 3.54. The fourth-order valence-electron chi connectivity index (χ4n) is 4.32. The van der Waals surface area contributed by atoms with Gasteiger partial charge in [-0.1, -0.05) is 73.5 Å². The Morgan fingerprint density at radius 2 is 1.65 bits per heavy atom. The number of nitrogens with zero attached hydrogens (tertiary/aromatic N) is 1. The Morgan fingerprint density at radius 3 is 2.35 bits per heavy atom. The fourth-order valence-corrected chi connectivity index (χ4v) is 4.32. The molecule has 2 aromatic carbocycles. The number of nitrogens with one attached hydrogen (secondary N) is 1. The Labute approximate surface area is 156 Å². The molecule has 0 saturated heterocycles. The average Bonchev–Trinajstić information content (AvgIpc) is 3.32. The van der Waals surface area contributed by atoms with Gasteiger partial charge < -0.3 is 10.1 Å². The van der Waals surface area contributed by atoms with Crippen LogP contribution in [0, 0.1) is 5.92 Å². The predicted octanol–water partition coefficient (Wildman–Crippen LogP) is 4.85. The van der Waals surface area contributed by atoms with Crippen LogP contribution in [0.4, 0.5) is 0 Å². The summed E-state index contributed by atoms with van der Waals surface area (Å²) in [6.45, 7) is 3.68. The molecule has 2 aliphatic rings. The van der Waals surface area contributed by atoms with E-state index in [4.69, 9.17) is 9.73 Å². The number of amidine groups is 1. The molecule has 1 aliphatic heterocycles. The van der Waals surface area contributed by atoms with E-state index < -0.39 is 0 Å². The summed E-state index contributed by atoms with van der Waals surface area (Å²) in [5.74, 6) is 1.70. The van der Waals surface area contributed by atoms with Crippen molar-refractivity contribution in [1.29, 1.82) is 0 Å². The molecule has 2 atom stereocenters. The quantitative estimate of drug-likeness (QED) is 0.809. The Kier molecular flexibility index (Phi) is 5.07. The molecule has 0 aromatic heterocycles. The maximum atomic E-state index is 6.02. The van der Waals surface area contributed by atoms with Crippen molar-refractivity contribution in [3.63, 3.8) is 0 Å². The molecular formula is C23H28N2O.